The Morgan fingerprint density at radius 2 is 1.76 bits per heavy atom. The Kier molecular flexibility index (Phi) is 5.97. The molecule has 0 radical (unpaired) electrons. The van der Waals surface area contributed by atoms with E-state index in [1.54, 1.807) is 12.1 Å². The molecule has 0 aliphatic heterocycles. The summed E-state index contributed by atoms with van der Waals surface area (Å²) in [6, 6.07) is 10.6. The van der Waals surface area contributed by atoms with Crippen molar-refractivity contribution in [2.45, 2.75) is 6.54 Å². The molecule has 0 fully saturated rings. The lowest BCUT2D eigenvalue weighted by Crippen LogP contribution is -2.29. The van der Waals surface area contributed by atoms with Gasteiger partial charge in [-0.3, -0.25) is 14.4 Å². The van der Waals surface area contributed by atoms with Gasteiger partial charge >= 0.3 is 5.97 Å². The number of benzene rings is 2. The largest absolute Gasteiger partial charge is 0.508 e. The van der Waals surface area contributed by atoms with Gasteiger partial charge in [0.05, 0.1) is 10.6 Å². The third-order valence-corrected chi connectivity index (χ3v) is 3.55. The molecular weight excluding hydrogens is 348 g/mol. The van der Waals surface area contributed by atoms with Gasteiger partial charge in [-0.25, -0.2) is 0 Å². The fraction of sp³-hybridized carbons (Fsp3) is 0.118. The molecule has 0 saturated carbocycles. The number of aliphatic carboxylic acids is 1. The molecule has 0 aliphatic rings. The van der Waals surface area contributed by atoms with Gasteiger partial charge in [0, 0.05) is 12.1 Å². The van der Waals surface area contributed by atoms with Crippen molar-refractivity contribution in [2.24, 2.45) is 0 Å². The van der Waals surface area contributed by atoms with Crippen LogP contribution in [0, 0.1) is 0 Å². The van der Waals surface area contributed by atoms with Crippen molar-refractivity contribution in [1.82, 2.24) is 10.6 Å². The second-order valence-corrected chi connectivity index (χ2v) is 5.53. The van der Waals surface area contributed by atoms with Crippen molar-refractivity contribution >= 4 is 29.4 Å². The zero-order chi connectivity index (χ0) is 18.4. The van der Waals surface area contributed by atoms with Gasteiger partial charge in [-0.2, -0.15) is 0 Å². The number of carbonyl (C=O) groups is 3. The van der Waals surface area contributed by atoms with E-state index >= 15 is 0 Å². The first-order valence-corrected chi connectivity index (χ1v) is 7.60. The maximum atomic E-state index is 12.1. The first-order chi connectivity index (χ1) is 11.9. The number of amides is 2. The van der Waals surface area contributed by atoms with Crippen molar-refractivity contribution in [3.8, 4) is 5.75 Å². The molecule has 0 atom stereocenters. The zero-order valence-corrected chi connectivity index (χ0v) is 13.7. The van der Waals surface area contributed by atoms with Gasteiger partial charge in [-0.15, -0.1) is 0 Å². The maximum Gasteiger partial charge on any atom is 0.322 e. The van der Waals surface area contributed by atoms with Crippen LogP contribution in [0.4, 0.5) is 0 Å². The van der Waals surface area contributed by atoms with E-state index in [1.165, 1.54) is 30.3 Å². The molecule has 0 unspecified atom stereocenters. The van der Waals surface area contributed by atoms with Crippen LogP contribution in [0.5, 0.6) is 5.75 Å². The molecule has 8 heteroatoms. The molecule has 0 bridgehead atoms. The molecule has 2 rings (SSSR count). The Morgan fingerprint density at radius 1 is 1.00 bits per heavy atom. The lowest BCUT2D eigenvalue weighted by atomic mass is 10.1. The topological polar surface area (TPSA) is 116 Å². The fourth-order valence-corrected chi connectivity index (χ4v) is 2.31. The van der Waals surface area contributed by atoms with E-state index in [4.69, 9.17) is 16.7 Å². The van der Waals surface area contributed by atoms with Crippen molar-refractivity contribution in [3.63, 3.8) is 0 Å². The molecule has 0 spiro atoms. The molecule has 0 aromatic heterocycles. The smallest absolute Gasteiger partial charge is 0.322 e. The predicted molar refractivity (Wildman–Crippen MR) is 90.7 cm³/mol. The lowest BCUT2D eigenvalue weighted by Gasteiger charge is -2.09. The van der Waals surface area contributed by atoms with Crippen molar-refractivity contribution < 1.29 is 24.6 Å². The van der Waals surface area contributed by atoms with Gasteiger partial charge in [-0.05, 0) is 35.9 Å². The molecule has 25 heavy (non-hydrogen) atoms. The molecule has 7 nitrogen and oxygen atoms in total. The third-order valence-electron chi connectivity index (χ3n) is 3.24. The van der Waals surface area contributed by atoms with Crippen molar-refractivity contribution in [1.29, 1.82) is 0 Å². The highest BCUT2D eigenvalue weighted by Gasteiger charge is 2.14. The number of phenolic OH excluding ortho intramolecular Hbond substituents is 1. The zero-order valence-electron chi connectivity index (χ0n) is 13.0. The van der Waals surface area contributed by atoms with Crippen LogP contribution in [-0.4, -0.2) is 34.5 Å². The first-order valence-electron chi connectivity index (χ1n) is 7.22. The Morgan fingerprint density at radius 3 is 2.40 bits per heavy atom. The summed E-state index contributed by atoms with van der Waals surface area (Å²) >= 11 is 6.00. The number of phenols is 1. The Bertz CT molecular complexity index is 822. The molecular formula is C17H15ClN2O5. The number of aromatic hydroxyl groups is 1. The number of carbonyl (C=O) groups excluding carboxylic acids is 2. The van der Waals surface area contributed by atoms with Crippen molar-refractivity contribution in [3.05, 3.63) is 64.2 Å². The molecule has 0 saturated heterocycles. The van der Waals surface area contributed by atoms with Gasteiger partial charge in [0.25, 0.3) is 11.8 Å². The number of hydrogen-bond acceptors (Lipinski definition) is 4. The van der Waals surface area contributed by atoms with Gasteiger partial charge in [0.1, 0.15) is 12.3 Å². The molecule has 0 aliphatic carbocycles. The predicted octanol–water partition coefficient (Wildman–Crippen LogP) is 1.79. The highest BCUT2D eigenvalue weighted by Crippen LogP contribution is 2.18. The average Bonchev–Trinajstić information content (AvgIpc) is 2.57. The van der Waals surface area contributed by atoms with Gasteiger partial charge < -0.3 is 20.8 Å². The van der Waals surface area contributed by atoms with Crippen LogP contribution in [0.3, 0.4) is 0 Å². The summed E-state index contributed by atoms with van der Waals surface area (Å²) in [7, 11) is 0. The SMILES string of the molecule is O=C(O)CNC(=O)c1ccc(C(=O)NCc2cccc(O)c2)cc1Cl. The van der Waals surface area contributed by atoms with Crippen LogP contribution >= 0.6 is 11.6 Å². The number of carboxylic acid groups (broad SMARTS) is 1. The van der Waals surface area contributed by atoms with E-state index in [0.29, 0.717) is 0 Å². The molecule has 130 valence electrons. The summed E-state index contributed by atoms with van der Waals surface area (Å²) in [6.07, 6.45) is 0. The van der Waals surface area contributed by atoms with Crippen LogP contribution in [0.25, 0.3) is 0 Å². The van der Waals surface area contributed by atoms with E-state index in [9.17, 15) is 19.5 Å². The van der Waals surface area contributed by atoms with Gasteiger partial charge in [0.2, 0.25) is 0 Å². The monoisotopic (exact) mass is 362 g/mol. The van der Waals surface area contributed by atoms with Crippen LogP contribution in [0.1, 0.15) is 26.3 Å². The van der Waals surface area contributed by atoms with E-state index in [1.807, 2.05) is 0 Å². The highest BCUT2D eigenvalue weighted by atomic mass is 35.5. The van der Waals surface area contributed by atoms with Crippen LogP contribution < -0.4 is 10.6 Å². The summed E-state index contributed by atoms with van der Waals surface area (Å²) in [4.78, 5) is 34.4. The summed E-state index contributed by atoms with van der Waals surface area (Å²) in [5.74, 6) is -2.11. The quantitative estimate of drug-likeness (QED) is 0.625. The van der Waals surface area contributed by atoms with Gasteiger partial charge in [0.15, 0.2) is 0 Å². The maximum absolute atomic E-state index is 12.1. The lowest BCUT2D eigenvalue weighted by molar-refractivity contribution is -0.135. The van der Waals surface area contributed by atoms with Gasteiger partial charge in [-0.1, -0.05) is 23.7 Å². The molecule has 4 N–H and O–H groups in total. The molecule has 0 heterocycles. The minimum Gasteiger partial charge on any atom is -0.508 e. The second kappa shape index (κ2) is 8.16. The van der Waals surface area contributed by atoms with E-state index in [0.717, 1.165) is 5.56 Å². The summed E-state index contributed by atoms with van der Waals surface area (Å²) < 4.78 is 0. The Balaban J connectivity index is 2.02. The van der Waals surface area contributed by atoms with Crippen LogP contribution in [-0.2, 0) is 11.3 Å². The highest BCUT2D eigenvalue weighted by molar-refractivity contribution is 6.34. The van der Waals surface area contributed by atoms with Crippen molar-refractivity contribution in [2.75, 3.05) is 6.54 Å². The second-order valence-electron chi connectivity index (χ2n) is 5.12. The number of halogens is 1. The fourth-order valence-electron chi connectivity index (χ4n) is 2.04. The Hall–Kier alpha value is -3.06. The summed E-state index contributed by atoms with van der Waals surface area (Å²) in [5.41, 5.74) is 1.05. The standard InChI is InChI=1S/C17H15ClN2O5/c18-14-7-11(4-5-13(14)17(25)20-9-15(22)23)16(24)19-8-10-2-1-3-12(21)6-10/h1-7,21H,8-9H2,(H,19,24)(H,20,25)(H,22,23). The number of rotatable bonds is 6. The normalized spacial score (nSPS) is 10.1. The van der Waals surface area contributed by atoms with Crippen LogP contribution in [0.15, 0.2) is 42.5 Å². The summed E-state index contributed by atoms with van der Waals surface area (Å²) in [6.45, 7) is -0.312. The molecule has 2 aromatic rings. The summed E-state index contributed by atoms with van der Waals surface area (Å²) in [5, 5.41) is 22.8. The third kappa shape index (κ3) is 5.22. The molecule has 2 amide bonds. The minimum atomic E-state index is -1.17. The number of hydrogen-bond donors (Lipinski definition) is 4. The molecule has 2 aromatic carbocycles. The van der Waals surface area contributed by atoms with E-state index in [2.05, 4.69) is 10.6 Å². The van der Waals surface area contributed by atoms with Crippen LogP contribution in [0.2, 0.25) is 5.02 Å². The van der Waals surface area contributed by atoms with E-state index in [-0.39, 0.29) is 28.4 Å². The van der Waals surface area contributed by atoms with E-state index < -0.39 is 24.3 Å². The average molecular weight is 363 g/mol. The number of carboxylic acids is 1. The minimum absolute atomic E-state index is 0.0351. The number of nitrogens with one attached hydrogen (secondary N) is 2. The first kappa shape index (κ1) is 18.3. The Labute approximate surface area is 148 Å².